The van der Waals surface area contributed by atoms with Gasteiger partial charge in [0.25, 0.3) is 0 Å². The van der Waals surface area contributed by atoms with Crippen LogP contribution < -0.4 is 5.32 Å². The van der Waals surface area contributed by atoms with E-state index in [0.717, 1.165) is 40.9 Å². The van der Waals surface area contributed by atoms with Gasteiger partial charge in [0.15, 0.2) is 0 Å². The second-order valence-corrected chi connectivity index (χ2v) is 5.95. The van der Waals surface area contributed by atoms with Gasteiger partial charge in [0.2, 0.25) is 0 Å². The lowest BCUT2D eigenvalue weighted by Crippen LogP contribution is -2.19. The Bertz CT molecular complexity index is 531. The number of rotatable bonds is 1. The van der Waals surface area contributed by atoms with Gasteiger partial charge in [-0.05, 0) is 39.4 Å². The van der Waals surface area contributed by atoms with Crippen molar-refractivity contribution in [2.75, 3.05) is 13.1 Å². The molecule has 0 saturated carbocycles. The van der Waals surface area contributed by atoms with Crippen molar-refractivity contribution in [3.8, 4) is 0 Å². The van der Waals surface area contributed by atoms with E-state index in [2.05, 4.69) is 25.8 Å². The largest absolute Gasteiger partial charge is 0.389 e. The van der Waals surface area contributed by atoms with Crippen LogP contribution in [0.15, 0.2) is 16.7 Å². The highest BCUT2D eigenvalue weighted by Gasteiger charge is 2.37. The van der Waals surface area contributed by atoms with Crippen LogP contribution in [-0.2, 0) is 6.54 Å². The van der Waals surface area contributed by atoms with Crippen molar-refractivity contribution in [2.24, 2.45) is 0 Å². The summed E-state index contributed by atoms with van der Waals surface area (Å²) in [4.78, 5) is 0. The summed E-state index contributed by atoms with van der Waals surface area (Å²) in [6.07, 6.45) is -0.528. The Kier molecular flexibility index (Phi) is 3.25. The average molecular weight is 335 g/mol. The van der Waals surface area contributed by atoms with E-state index in [-0.39, 0.29) is 0 Å². The van der Waals surface area contributed by atoms with Crippen LogP contribution in [0.1, 0.15) is 30.0 Å². The van der Waals surface area contributed by atoms with E-state index < -0.39 is 18.5 Å². The number of nitrogens with one attached hydrogen (secondary N) is 1. The highest BCUT2D eigenvalue weighted by atomic mass is 79.9. The molecule has 1 aliphatic heterocycles. The first kappa shape index (κ1) is 13.2. The van der Waals surface area contributed by atoms with Crippen LogP contribution in [0.5, 0.6) is 0 Å². The van der Waals surface area contributed by atoms with E-state index in [1.807, 2.05) is 12.3 Å². The molecule has 2 heterocycles. The molecule has 0 aromatic carbocycles. The fourth-order valence-electron chi connectivity index (χ4n) is 3.00. The fourth-order valence-corrected chi connectivity index (χ4v) is 3.76. The number of allylic oxidation sites excluding steroid dienone is 1. The van der Waals surface area contributed by atoms with Crippen LogP contribution in [0.4, 0.5) is 13.2 Å². The van der Waals surface area contributed by atoms with Gasteiger partial charge in [-0.3, -0.25) is 0 Å². The van der Waals surface area contributed by atoms with Crippen molar-refractivity contribution in [1.82, 2.24) is 9.88 Å². The summed E-state index contributed by atoms with van der Waals surface area (Å²) in [5, 5.41) is 3.30. The highest BCUT2D eigenvalue weighted by molar-refractivity contribution is 9.10. The molecule has 1 aromatic rings. The SMILES string of the molecule is FC(F)(F)CC1CC=C2CNCCn3cc(Br)c1c32. The number of hydrogen-bond donors (Lipinski definition) is 1. The lowest BCUT2D eigenvalue weighted by atomic mass is 9.85. The van der Waals surface area contributed by atoms with Crippen LogP contribution in [-0.4, -0.2) is 23.8 Å². The Morgan fingerprint density at radius 3 is 2.95 bits per heavy atom. The van der Waals surface area contributed by atoms with E-state index >= 15 is 0 Å². The molecular weight excluding hydrogens is 321 g/mol. The quantitative estimate of drug-likeness (QED) is 0.829. The molecule has 2 aliphatic rings. The van der Waals surface area contributed by atoms with Crippen molar-refractivity contribution in [3.05, 3.63) is 28.0 Å². The first-order valence-electron chi connectivity index (χ1n) is 6.31. The van der Waals surface area contributed by atoms with Crippen molar-refractivity contribution in [1.29, 1.82) is 0 Å². The molecule has 0 amide bonds. The van der Waals surface area contributed by atoms with Gasteiger partial charge in [0.1, 0.15) is 0 Å². The van der Waals surface area contributed by atoms with E-state index in [1.54, 1.807) is 0 Å². The maximum atomic E-state index is 12.7. The van der Waals surface area contributed by atoms with Crippen molar-refractivity contribution in [3.63, 3.8) is 0 Å². The predicted molar refractivity (Wildman–Crippen MR) is 71.0 cm³/mol. The van der Waals surface area contributed by atoms with E-state index in [9.17, 15) is 13.2 Å². The van der Waals surface area contributed by atoms with Gasteiger partial charge in [0.05, 0.1) is 6.42 Å². The van der Waals surface area contributed by atoms with Crippen LogP contribution in [0, 0.1) is 0 Å². The van der Waals surface area contributed by atoms with Crippen LogP contribution in [0.25, 0.3) is 5.57 Å². The average Bonchev–Trinajstić information content (AvgIpc) is 2.51. The summed E-state index contributed by atoms with van der Waals surface area (Å²) in [5.41, 5.74) is 2.94. The monoisotopic (exact) mass is 334 g/mol. The molecule has 0 fully saturated rings. The lowest BCUT2D eigenvalue weighted by Gasteiger charge is -2.24. The predicted octanol–water partition coefficient (Wildman–Crippen LogP) is 3.68. The summed E-state index contributed by atoms with van der Waals surface area (Å²) < 4.78 is 40.9. The number of halogens is 4. The molecule has 2 nitrogen and oxygen atoms in total. The summed E-state index contributed by atoms with van der Waals surface area (Å²) in [7, 11) is 0. The maximum absolute atomic E-state index is 12.7. The Balaban J connectivity index is 2.04. The van der Waals surface area contributed by atoms with Gasteiger partial charge >= 0.3 is 6.18 Å². The van der Waals surface area contributed by atoms with Crippen molar-refractivity contribution in [2.45, 2.75) is 31.5 Å². The second-order valence-electron chi connectivity index (χ2n) is 5.09. The zero-order chi connectivity index (χ0) is 13.6. The van der Waals surface area contributed by atoms with Crippen molar-refractivity contribution < 1.29 is 13.2 Å². The maximum Gasteiger partial charge on any atom is 0.389 e. The molecule has 0 bridgehead atoms. The molecule has 0 spiro atoms. The molecule has 1 unspecified atom stereocenters. The first-order chi connectivity index (χ1) is 8.96. The van der Waals surface area contributed by atoms with Gasteiger partial charge in [-0.2, -0.15) is 13.2 Å². The number of aromatic nitrogens is 1. The van der Waals surface area contributed by atoms with Crippen LogP contribution in [0.2, 0.25) is 0 Å². The van der Waals surface area contributed by atoms with E-state index in [1.165, 1.54) is 0 Å². The molecule has 6 heteroatoms. The van der Waals surface area contributed by atoms with Crippen LogP contribution in [0.3, 0.4) is 0 Å². The van der Waals surface area contributed by atoms with Gasteiger partial charge in [-0.15, -0.1) is 0 Å². The van der Waals surface area contributed by atoms with E-state index in [0.29, 0.717) is 6.42 Å². The minimum absolute atomic E-state index is 0.464. The molecule has 19 heavy (non-hydrogen) atoms. The smallest absolute Gasteiger partial charge is 0.345 e. The molecule has 1 N–H and O–H groups in total. The first-order valence-corrected chi connectivity index (χ1v) is 7.10. The molecule has 1 atom stereocenters. The lowest BCUT2D eigenvalue weighted by molar-refractivity contribution is -0.138. The molecule has 1 aromatic heterocycles. The Labute approximate surface area is 117 Å². The molecule has 104 valence electrons. The summed E-state index contributed by atoms with van der Waals surface area (Å²) in [5.74, 6) is -0.465. The summed E-state index contributed by atoms with van der Waals surface area (Å²) >= 11 is 3.44. The molecule has 0 radical (unpaired) electrons. The molecule has 3 rings (SSSR count). The molecule has 1 aliphatic carbocycles. The number of alkyl halides is 3. The Morgan fingerprint density at radius 2 is 2.21 bits per heavy atom. The van der Waals surface area contributed by atoms with Gasteiger partial charge < -0.3 is 9.88 Å². The summed E-state index contributed by atoms with van der Waals surface area (Å²) in [6.45, 7) is 2.38. The van der Waals surface area contributed by atoms with Gasteiger partial charge in [0, 0.05) is 36.0 Å². The summed E-state index contributed by atoms with van der Waals surface area (Å²) in [6, 6.07) is 0. The highest BCUT2D eigenvalue weighted by Crippen LogP contribution is 2.45. The third kappa shape index (κ3) is 2.48. The van der Waals surface area contributed by atoms with Gasteiger partial charge in [-0.25, -0.2) is 0 Å². The third-order valence-corrected chi connectivity index (χ3v) is 4.38. The topological polar surface area (TPSA) is 17.0 Å². The zero-order valence-corrected chi connectivity index (χ0v) is 11.8. The number of nitrogens with zero attached hydrogens (tertiary/aromatic N) is 1. The van der Waals surface area contributed by atoms with E-state index in [4.69, 9.17) is 0 Å². The normalized spacial score (nSPS) is 22.7. The number of hydrogen-bond acceptors (Lipinski definition) is 1. The zero-order valence-electron chi connectivity index (χ0n) is 10.2. The Morgan fingerprint density at radius 1 is 1.42 bits per heavy atom. The van der Waals surface area contributed by atoms with Crippen molar-refractivity contribution >= 4 is 21.5 Å². The van der Waals surface area contributed by atoms with Crippen LogP contribution >= 0.6 is 15.9 Å². The standard InChI is InChI=1S/C13H14BrF3N2/c14-10-7-19-4-3-18-6-9-2-1-8(5-13(15,16)17)11(10)12(9)19/h2,7-8,18H,1,3-6H2. The second kappa shape index (κ2) is 4.66. The molecular formula is C13H14BrF3N2. The minimum Gasteiger partial charge on any atom is -0.345 e. The molecule has 0 saturated heterocycles. The third-order valence-electron chi connectivity index (χ3n) is 3.75. The minimum atomic E-state index is -4.12. The fraction of sp³-hybridized carbons (Fsp3) is 0.538. The van der Waals surface area contributed by atoms with Gasteiger partial charge in [-0.1, -0.05) is 6.08 Å². The Hall–Kier alpha value is -0.750.